The zero-order valence-corrected chi connectivity index (χ0v) is 11.4. The highest BCUT2D eigenvalue weighted by Crippen LogP contribution is 2.17. The predicted octanol–water partition coefficient (Wildman–Crippen LogP) is 1.66. The summed E-state index contributed by atoms with van der Waals surface area (Å²) in [6.45, 7) is 3.99. The van der Waals surface area contributed by atoms with Crippen LogP contribution in [-0.4, -0.2) is 31.2 Å². The van der Waals surface area contributed by atoms with Crippen molar-refractivity contribution < 1.29 is 15.0 Å². The van der Waals surface area contributed by atoms with E-state index in [9.17, 15) is 9.90 Å². The molecule has 20 heavy (non-hydrogen) atoms. The number of benzene rings is 1. The van der Waals surface area contributed by atoms with Crippen molar-refractivity contribution in [2.24, 2.45) is 5.92 Å². The van der Waals surface area contributed by atoms with Crippen molar-refractivity contribution in [2.75, 3.05) is 0 Å². The molecule has 6 heteroatoms. The van der Waals surface area contributed by atoms with Crippen molar-refractivity contribution in [1.29, 1.82) is 0 Å². The van der Waals surface area contributed by atoms with Gasteiger partial charge in [0.25, 0.3) is 0 Å². The Morgan fingerprint density at radius 1 is 1.30 bits per heavy atom. The number of aromatic nitrogens is 3. The minimum atomic E-state index is -0.964. The largest absolute Gasteiger partial charge is 0.478 e. The molecule has 2 aromatic rings. The molecule has 0 spiro atoms. The van der Waals surface area contributed by atoms with Crippen LogP contribution in [0.15, 0.2) is 24.3 Å². The number of carboxylic acid groups (broad SMARTS) is 1. The van der Waals surface area contributed by atoms with Crippen molar-refractivity contribution in [1.82, 2.24) is 15.0 Å². The summed E-state index contributed by atoms with van der Waals surface area (Å²) in [7, 11) is 0. The third-order valence-electron chi connectivity index (χ3n) is 2.95. The van der Waals surface area contributed by atoms with Gasteiger partial charge in [0, 0.05) is 0 Å². The van der Waals surface area contributed by atoms with Crippen LogP contribution in [0.3, 0.4) is 0 Å². The first kappa shape index (κ1) is 14.2. The summed E-state index contributed by atoms with van der Waals surface area (Å²) in [4.78, 5) is 10.8. The number of carbonyl (C=O) groups is 1. The van der Waals surface area contributed by atoms with Crippen LogP contribution >= 0.6 is 0 Å². The number of hydrogen-bond acceptors (Lipinski definition) is 4. The van der Waals surface area contributed by atoms with E-state index in [0.717, 1.165) is 17.8 Å². The molecule has 0 aliphatic rings. The number of hydrogen-bond donors (Lipinski definition) is 2. The van der Waals surface area contributed by atoms with Gasteiger partial charge in [-0.15, -0.1) is 5.10 Å². The Bertz CT molecular complexity index is 603. The molecule has 0 bridgehead atoms. The summed E-state index contributed by atoms with van der Waals surface area (Å²) < 4.78 is 1.65. The SMILES string of the molecule is CC(C)Cc1c(CO)nnn1-c1ccc(C(=O)O)cc1. The van der Waals surface area contributed by atoms with Crippen molar-refractivity contribution in [3.05, 3.63) is 41.2 Å². The van der Waals surface area contributed by atoms with Crippen LogP contribution in [-0.2, 0) is 13.0 Å². The van der Waals surface area contributed by atoms with Crippen LogP contribution in [0, 0.1) is 5.92 Å². The fraction of sp³-hybridized carbons (Fsp3) is 0.357. The second kappa shape index (κ2) is 5.83. The second-order valence-electron chi connectivity index (χ2n) is 5.00. The molecule has 2 N–H and O–H groups in total. The van der Waals surface area contributed by atoms with Crippen LogP contribution in [0.25, 0.3) is 5.69 Å². The van der Waals surface area contributed by atoms with E-state index in [1.54, 1.807) is 16.8 Å². The molecule has 0 aliphatic carbocycles. The lowest BCUT2D eigenvalue weighted by Gasteiger charge is -2.09. The highest BCUT2D eigenvalue weighted by Gasteiger charge is 2.15. The van der Waals surface area contributed by atoms with Crippen molar-refractivity contribution in [2.45, 2.75) is 26.9 Å². The molecule has 6 nitrogen and oxygen atoms in total. The monoisotopic (exact) mass is 275 g/mol. The zero-order chi connectivity index (χ0) is 14.7. The standard InChI is InChI=1S/C14H17N3O3/c1-9(2)7-13-12(8-18)15-16-17(13)11-5-3-10(4-6-11)14(19)20/h3-6,9,18H,7-8H2,1-2H3,(H,19,20). The first-order valence-electron chi connectivity index (χ1n) is 6.41. The van der Waals surface area contributed by atoms with Gasteiger partial charge in [-0.05, 0) is 36.6 Å². The molecular weight excluding hydrogens is 258 g/mol. The fourth-order valence-electron chi connectivity index (χ4n) is 2.00. The number of nitrogens with zero attached hydrogens (tertiary/aromatic N) is 3. The highest BCUT2D eigenvalue weighted by molar-refractivity contribution is 5.87. The van der Waals surface area contributed by atoms with E-state index in [2.05, 4.69) is 24.2 Å². The number of carboxylic acids is 1. The molecule has 0 fully saturated rings. The van der Waals surface area contributed by atoms with Crippen molar-refractivity contribution in [3.8, 4) is 5.69 Å². The van der Waals surface area contributed by atoms with E-state index in [0.29, 0.717) is 11.6 Å². The third-order valence-corrected chi connectivity index (χ3v) is 2.95. The van der Waals surface area contributed by atoms with Crippen molar-refractivity contribution >= 4 is 5.97 Å². The Morgan fingerprint density at radius 2 is 1.95 bits per heavy atom. The zero-order valence-electron chi connectivity index (χ0n) is 11.4. The minimum Gasteiger partial charge on any atom is -0.478 e. The summed E-state index contributed by atoms with van der Waals surface area (Å²) >= 11 is 0. The van der Waals surface area contributed by atoms with E-state index in [1.807, 2.05) is 0 Å². The summed E-state index contributed by atoms with van der Waals surface area (Å²) in [5, 5.41) is 26.2. The molecule has 1 aromatic carbocycles. The minimum absolute atomic E-state index is 0.157. The number of rotatable bonds is 5. The third kappa shape index (κ3) is 2.85. The second-order valence-corrected chi connectivity index (χ2v) is 5.00. The van der Waals surface area contributed by atoms with Crippen LogP contribution in [0.4, 0.5) is 0 Å². The van der Waals surface area contributed by atoms with Gasteiger partial charge in [-0.1, -0.05) is 19.1 Å². The van der Waals surface area contributed by atoms with Gasteiger partial charge in [-0.25, -0.2) is 9.48 Å². The number of aromatic carboxylic acids is 1. The summed E-state index contributed by atoms with van der Waals surface area (Å²) in [6, 6.07) is 6.42. The smallest absolute Gasteiger partial charge is 0.335 e. The summed E-state index contributed by atoms with van der Waals surface area (Å²) in [6.07, 6.45) is 0.740. The van der Waals surface area contributed by atoms with Gasteiger partial charge in [-0.2, -0.15) is 0 Å². The molecule has 0 saturated heterocycles. The van der Waals surface area contributed by atoms with Gasteiger partial charge >= 0.3 is 5.97 Å². The number of aliphatic hydroxyl groups is 1. The summed E-state index contributed by atoms with van der Waals surface area (Å²) in [5.74, 6) is -0.565. The topological polar surface area (TPSA) is 88.2 Å². The summed E-state index contributed by atoms with van der Waals surface area (Å²) in [5.41, 5.74) is 2.37. The van der Waals surface area contributed by atoms with E-state index < -0.39 is 5.97 Å². The van der Waals surface area contributed by atoms with Crippen molar-refractivity contribution in [3.63, 3.8) is 0 Å². The van der Waals surface area contributed by atoms with Gasteiger partial charge < -0.3 is 10.2 Å². The molecule has 0 saturated carbocycles. The normalized spacial score (nSPS) is 11.0. The molecule has 0 unspecified atom stereocenters. The average molecular weight is 275 g/mol. The van der Waals surface area contributed by atoms with Gasteiger partial charge in [0.1, 0.15) is 5.69 Å². The number of aliphatic hydroxyl groups excluding tert-OH is 1. The van der Waals surface area contributed by atoms with Gasteiger partial charge in [0.05, 0.1) is 23.6 Å². The lowest BCUT2D eigenvalue weighted by Crippen LogP contribution is -2.07. The van der Waals surface area contributed by atoms with Gasteiger partial charge in [0.15, 0.2) is 0 Å². The molecule has 1 aromatic heterocycles. The molecule has 0 atom stereocenters. The van der Waals surface area contributed by atoms with E-state index >= 15 is 0 Å². The lowest BCUT2D eigenvalue weighted by atomic mass is 10.1. The van der Waals surface area contributed by atoms with E-state index in [4.69, 9.17) is 5.11 Å². The van der Waals surface area contributed by atoms with Gasteiger partial charge in [0.2, 0.25) is 0 Å². The molecule has 1 heterocycles. The Morgan fingerprint density at radius 3 is 2.45 bits per heavy atom. The molecule has 0 radical (unpaired) electrons. The average Bonchev–Trinajstić information content (AvgIpc) is 2.81. The maximum absolute atomic E-state index is 10.8. The first-order chi connectivity index (χ1) is 9.52. The van der Waals surface area contributed by atoms with Crippen LogP contribution < -0.4 is 0 Å². The van der Waals surface area contributed by atoms with E-state index in [1.165, 1.54) is 12.1 Å². The Balaban J connectivity index is 2.41. The maximum Gasteiger partial charge on any atom is 0.335 e. The quantitative estimate of drug-likeness (QED) is 0.866. The molecule has 0 amide bonds. The Kier molecular flexibility index (Phi) is 4.14. The van der Waals surface area contributed by atoms with Gasteiger partial charge in [-0.3, -0.25) is 0 Å². The highest BCUT2D eigenvalue weighted by atomic mass is 16.4. The molecule has 0 aliphatic heterocycles. The Hall–Kier alpha value is -2.21. The molecule has 106 valence electrons. The van der Waals surface area contributed by atoms with Crippen LogP contribution in [0.1, 0.15) is 35.6 Å². The fourth-order valence-corrected chi connectivity index (χ4v) is 2.00. The Labute approximate surface area is 116 Å². The maximum atomic E-state index is 10.8. The molecular formula is C14H17N3O3. The van der Waals surface area contributed by atoms with Crippen LogP contribution in [0.5, 0.6) is 0 Å². The van der Waals surface area contributed by atoms with E-state index in [-0.39, 0.29) is 12.2 Å². The molecule has 2 rings (SSSR count). The lowest BCUT2D eigenvalue weighted by molar-refractivity contribution is 0.0697. The van der Waals surface area contributed by atoms with Crippen LogP contribution in [0.2, 0.25) is 0 Å². The first-order valence-corrected chi connectivity index (χ1v) is 6.41. The predicted molar refractivity (Wildman–Crippen MR) is 72.8 cm³/mol.